The van der Waals surface area contributed by atoms with Crippen LogP contribution in [0.5, 0.6) is 11.8 Å². The number of hydrogen-bond donors (Lipinski definition) is 1. The summed E-state index contributed by atoms with van der Waals surface area (Å²) in [5, 5.41) is 3.12. The molecular weight excluding hydrogens is 282 g/mol. The molecule has 1 aliphatic rings. The first kappa shape index (κ1) is 16.5. The van der Waals surface area contributed by atoms with Gasteiger partial charge in [0.25, 0.3) is 0 Å². The van der Waals surface area contributed by atoms with Crippen molar-refractivity contribution in [1.82, 2.24) is 15.3 Å². The standard InChI is InChI=1S/C16H25N3O3/c1-16(2,3)15(20)18-11-5-7-12(8-6-11)22-14-10-17-9-13(19-14)21-4/h9-12H,5-8H2,1-4H3,(H,18,20). The Hall–Kier alpha value is -1.85. The highest BCUT2D eigenvalue weighted by molar-refractivity contribution is 5.81. The van der Waals surface area contributed by atoms with Gasteiger partial charge in [0.2, 0.25) is 17.7 Å². The Bertz CT molecular complexity index is 506. The van der Waals surface area contributed by atoms with Crippen molar-refractivity contribution in [3.63, 3.8) is 0 Å². The molecule has 0 aromatic carbocycles. The number of methoxy groups -OCH3 is 1. The Labute approximate surface area is 131 Å². The predicted octanol–water partition coefficient (Wildman–Crippen LogP) is 2.34. The fourth-order valence-corrected chi connectivity index (χ4v) is 2.38. The molecule has 1 saturated carbocycles. The molecule has 1 fully saturated rings. The van der Waals surface area contributed by atoms with E-state index in [-0.39, 0.29) is 23.5 Å². The smallest absolute Gasteiger partial charge is 0.235 e. The van der Waals surface area contributed by atoms with Gasteiger partial charge in [-0.1, -0.05) is 20.8 Å². The highest BCUT2D eigenvalue weighted by atomic mass is 16.5. The lowest BCUT2D eigenvalue weighted by atomic mass is 9.90. The Balaban J connectivity index is 1.81. The summed E-state index contributed by atoms with van der Waals surface area (Å²) in [4.78, 5) is 20.2. The Kier molecular flexibility index (Phi) is 5.21. The van der Waals surface area contributed by atoms with E-state index in [9.17, 15) is 4.79 Å². The zero-order chi connectivity index (χ0) is 16.2. The van der Waals surface area contributed by atoms with Crippen LogP contribution in [-0.4, -0.2) is 35.1 Å². The summed E-state index contributed by atoms with van der Waals surface area (Å²) in [7, 11) is 1.55. The number of aromatic nitrogens is 2. The molecule has 1 heterocycles. The molecule has 2 rings (SSSR count). The van der Waals surface area contributed by atoms with Gasteiger partial charge in [-0.3, -0.25) is 9.78 Å². The number of nitrogens with one attached hydrogen (secondary N) is 1. The Morgan fingerprint density at radius 2 is 1.82 bits per heavy atom. The topological polar surface area (TPSA) is 73.3 Å². The quantitative estimate of drug-likeness (QED) is 0.924. The number of rotatable bonds is 4. The van der Waals surface area contributed by atoms with Gasteiger partial charge in [0.15, 0.2) is 0 Å². The molecule has 1 aliphatic carbocycles. The maximum absolute atomic E-state index is 12.0. The lowest BCUT2D eigenvalue weighted by Crippen LogP contribution is -2.44. The van der Waals surface area contributed by atoms with Gasteiger partial charge in [-0.05, 0) is 25.7 Å². The summed E-state index contributed by atoms with van der Waals surface area (Å²) in [6, 6.07) is 0.239. The van der Waals surface area contributed by atoms with Crippen molar-refractivity contribution in [2.75, 3.05) is 7.11 Å². The molecule has 1 N–H and O–H groups in total. The molecule has 1 aromatic heterocycles. The van der Waals surface area contributed by atoms with Crippen LogP contribution in [0.3, 0.4) is 0 Å². The van der Waals surface area contributed by atoms with Gasteiger partial charge in [-0.2, -0.15) is 4.98 Å². The first-order valence-corrected chi connectivity index (χ1v) is 7.72. The zero-order valence-electron chi connectivity index (χ0n) is 13.8. The molecular formula is C16H25N3O3. The van der Waals surface area contributed by atoms with Crippen LogP contribution >= 0.6 is 0 Å². The van der Waals surface area contributed by atoms with E-state index in [1.807, 2.05) is 20.8 Å². The highest BCUT2D eigenvalue weighted by Crippen LogP contribution is 2.24. The second-order valence-electron chi connectivity index (χ2n) is 6.71. The molecule has 0 aliphatic heterocycles. The maximum Gasteiger partial charge on any atom is 0.235 e. The van der Waals surface area contributed by atoms with Crippen LogP contribution in [0.2, 0.25) is 0 Å². The molecule has 6 nitrogen and oxygen atoms in total. The third kappa shape index (κ3) is 4.58. The van der Waals surface area contributed by atoms with Crippen LogP contribution in [-0.2, 0) is 4.79 Å². The summed E-state index contributed by atoms with van der Waals surface area (Å²) >= 11 is 0. The number of carbonyl (C=O) groups excluding carboxylic acids is 1. The molecule has 0 radical (unpaired) electrons. The molecule has 0 atom stereocenters. The summed E-state index contributed by atoms with van der Waals surface area (Å²) in [6.45, 7) is 5.79. The lowest BCUT2D eigenvalue weighted by Gasteiger charge is -2.31. The Morgan fingerprint density at radius 3 is 2.41 bits per heavy atom. The van der Waals surface area contributed by atoms with E-state index in [4.69, 9.17) is 9.47 Å². The van der Waals surface area contributed by atoms with Crippen LogP contribution in [0.25, 0.3) is 0 Å². The average Bonchev–Trinajstić information content (AvgIpc) is 2.48. The van der Waals surface area contributed by atoms with Crippen LogP contribution in [0, 0.1) is 5.41 Å². The van der Waals surface area contributed by atoms with Crippen LogP contribution in [0.4, 0.5) is 0 Å². The van der Waals surface area contributed by atoms with E-state index in [0.717, 1.165) is 25.7 Å². The van der Waals surface area contributed by atoms with E-state index >= 15 is 0 Å². The van der Waals surface area contributed by atoms with Gasteiger partial charge >= 0.3 is 0 Å². The van der Waals surface area contributed by atoms with Crippen LogP contribution < -0.4 is 14.8 Å². The summed E-state index contributed by atoms with van der Waals surface area (Å²) < 4.78 is 10.9. The maximum atomic E-state index is 12.0. The first-order chi connectivity index (χ1) is 10.4. The SMILES string of the molecule is COc1cncc(OC2CCC(NC(=O)C(C)(C)C)CC2)n1. The Morgan fingerprint density at radius 1 is 1.18 bits per heavy atom. The normalized spacial score (nSPS) is 22.0. The van der Waals surface area contributed by atoms with E-state index < -0.39 is 0 Å². The molecule has 1 aromatic rings. The zero-order valence-corrected chi connectivity index (χ0v) is 13.8. The fourth-order valence-electron chi connectivity index (χ4n) is 2.38. The van der Waals surface area contributed by atoms with Gasteiger partial charge < -0.3 is 14.8 Å². The van der Waals surface area contributed by atoms with Crippen molar-refractivity contribution in [2.45, 2.75) is 58.6 Å². The van der Waals surface area contributed by atoms with Crippen LogP contribution in [0.15, 0.2) is 12.4 Å². The minimum Gasteiger partial charge on any atom is -0.480 e. The summed E-state index contributed by atoms with van der Waals surface area (Å²) in [5.41, 5.74) is -0.344. The highest BCUT2D eigenvalue weighted by Gasteiger charge is 2.28. The molecule has 0 bridgehead atoms. The van der Waals surface area contributed by atoms with Crippen molar-refractivity contribution >= 4 is 5.91 Å². The van der Waals surface area contributed by atoms with Gasteiger partial charge in [0.05, 0.1) is 19.5 Å². The molecule has 1 amide bonds. The number of ether oxygens (including phenoxy) is 2. The van der Waals surface area contributed by atoms with Crippen molar-refractivity contribution < 1.29 is 14.3 Å². The average molecular weight is 307 g/mol. The number of amides is 1. The predicted molar refractivity (Wildman–Crippen MR) is 82.9 cm³/mol. The number of hydrogen-bond acceptors (Lipinski definition) is 5. The summed E-state index contributed by atoms with van der Waals surface area (Å²) in [6.07, 6.45) is 6.89. The van der Waals surface area contributed by atoms with Crippen molar-refractivity contribution in [3.05, 3.63) is 12.4 Å². The largest absolute Gasteiger partial charge is 0.480 e. The first-order valence-electron chi connectivity index (χ1n) is 7.72. The van der Waals surface area contributed by atoms with Crippen molar-refractivity contribution in [1.29, 1.82) is 0 Å². The van der Waals surface area contributed by atoms with Gasteiger partial charge in [0, 0.05) is 11.5 Å². The third-order valence-electron chi connectivity index (χ3n) is 3.78. The molecule has 0 spiro atoms. The molecule has 0 unspecified atom stereocenters. The summed E-state index contributed by atoms with van der Waals surface area (Å²) in [5.74, 6) is 1.04. The third-order valence-corrected chi connectivity index (χ3v) is 3.78. The second kappa shape index (κ2) is 6.94. The molecule has 6 heteroatoms. The van der Waals surface area contributed by atoms with Gasteiger partial charge in [-0.15, -0.1) is 0 Å². The molecule has 22 heavy (non-hydrogen) atoms. The van der Waals surface area contributed by atoms with E-state index in [1.54, 1.807) is 19.5 Å². The van der Waals surface area contributed by atoms with Crippen molar-refractivity contribution in [2.24, 2.45) is 5.41 Å². The minimum atomic E-state index is -0.344. The minimum absolute atomic E-state index is 0.107. The van der Waals surface area contributed by atoms with Gasteiger partial charge in [-0.25, -0.2) is 0 Å². The molecule has 122 valence electrons. The van der Waals surface area contributed by atoms with E-state index in [1.165, 1.54) is 0 Å². The lowest BCUT2D eigenvalue weighted by molar-refractivity contribution is -0.129. The van der Waals surface area contributed by atoms with E-state index in [0.29, 0.717) is 11.8 Å². The molecule has 0 saturated heterocycles. The van der Waals surface area contributed by atoms with Crippen molar-refractivity contribution in [3.8, 4) is 11.8 Å². The number of nitrogens with zero attached hydrogens (tertiary/aromatic N) is 2. The van der Waals surface area contributed by atoms with E-state index in [2.05, 4.69) is 15.3 Å². The van der Waals surface area contributed by atoms with Gasteiger partial charge in [0.1, 0.15) is 6.10 Å². The van der Waals surface area contributed by atoms with Crippen LogP contribution in [0.1, 0.15) is 46.5 Å². The number of carbonyl (C=O) groups is 1. The fraction of sp³-hybridized carbons (Fsp3) is 0.688. The monoisotopic (exact) mass is 307 g/mol. The second-order valence-corrected chi connectivity index (χ2v) is 6.71.